The van der Waals surface area contributed by atoms with Gasteiger partial charge in [0.1, 0.15) is 17.5 Å². The van der Waals surface area contributed by atoms with Crippen molar-refractivity contribution in [2.45, 2.75) is 24.9 Å². The standard InChI is InChI=1S/C18H14F2N6O2/c19-11-4-15(27)12(20)3-14(11)26-7-13(23-24-26)18(28)17-16(9-1-2-9)22-6-10-5-21-8-25(10)17/h3-9,18,27-28H,1-2H2/t18-/m0/s1. The van der Waals surface area contributed by atoms with Gasteiger partial charge in [0.05, 0.1) is 41.8 Å². The van der Waals surface area contributed by atoms with Gasteiger partial charge in [-0.1, -0.05) is 5.21 Å². The van der Waals surface area contributed by atoms with Crippen LogP contribution in [0.1, 0.15) is 41.9 Å². The van der Waals surface area contributed by atoms with Crippen LogP contribution in [0.4, 0.5) is 8.78 Å². The zero-order valence-corrected chi connectivity index (χ0v) is 14.4. The lowest BCUT2D eigenvalue weighted by molar-refractivity contribution is 0.206. The Balaban J connectivity index is 1.59. The first-order chi connectivity index (χ1) is 13.5. The topological polar surface area (TPSA) is 101 Å². The second kappa shape index (κ2) is 6.06. The summed E-state index contributed by atoms with van der Waals surface area (Å²) in [4.78, 5) is 8.57. The highest BCUT2D eigenvalue weighted by Gasteiger charge is 2.32. The number of fused-ring (bicyclic) bond motifs is 1. The third-order valence-electron chi connectivity index (χ3n) is 4.80. The Bertz CT molecular complexity index is 1200. The number of aromatic hydroxyl groups is 1. The van der Waals surface area contributed by atoms with Gasteiger partial charge in [0.25, 0.3) is 0 Å². The zero-order chi connectivity index (χ0) is 19.4. The highest BCUT2D eigenvalue weighted by atomic mass is 19.1. The van der Waals surface area contributed by atoms with Crippen molar-refractivity contribution in [1.82, 2.24) is 29.4 Å². The Morgan fingerprint density at radius 1 is 1.14 bits per heavy atom. The molecule has 8 nitrogen and oxygen atoms in total. The van der Waals surface area contributed by atoms with Crippen LogP contribution >= 0.6 is 0 Å². The molecular formula is C18H14F2N6O2. The summed E-state index contributed by atoms with van der Waals surface area (Å²) in [6, 6.07) is 1.47. The van der Waals surface area contributed by atoms with Crippen molar-refractivity contribution in [2.24, 2.45) is 0 Å². The van der Waals surface area contributed by atoms with Gasteiger partial charge in [-0.15, -0.1) is 5.10 Å². The molecule has 0 spiro atoms. The highest BCUT2D eigenvalue weighted by molar-refractivity contribution is 5.47. The maximum atomic E-state index is 14.1. The second-order valence-corrected chi connectivity index (χ2v) is 6.74. The van der Waals surface area contributed by atoms with Gasteiger partial charge in [-0.05, 0) is 12.8 Å². The molecule has 3 heterocycles. The summed E-state index contributed by atoms with van der Waals surface area (Å²) < 4.78 is 30.5. The summed E-state index contributed by atoms with van der Waals surface area (Å²) in [6.45, 7) is 0. The maximum Gasteiger partial charge on any atom is 0.167 e. The molecule has 5 rings (SSSR count). The number of hydrogen-bond donors (Lipinski definition) is 2. The molecule has 1 saturated carbocycles. The average molecular weight is 384 g/mol. The number of hydrogen-bond acceptors (Lipinski definition) is 6. The van der Waals surface area contributed by atoms with Crippen molar-refractivity contribution in [3.63, 3.8) is 0 Å². The zero-order valence-electron chi connectivity index (χ0n) is 14.4. The summed E-state index contributed by atoms with van der Waals surface area (Å²) in [6.07, 6.45) is 7.01. The van der Waals surface area contributed by atoms with Gasteiger partial charge in [-0.3, -0.25) is 9.38 Å². The Morgan fingerprint density at radius 3 is 2.75 bits per heavy atom. The number of nitrogens with zero attached hydrogens (tertiary/aromatic N) is 6. The van der Waals surface area contributed by atoms with Crippen molar-refractivity contribution < 1.29 is 19.0 Å². The van der Waals surface area contributed by atoms with E-state index in [4.69, 9.17) is 0 Å². The molecule has 4 aromatic rings. The molecular weight excluding hydrogens is 370 g/mol. The first-order valence-electron chi connectivity index (χ1n) is 8.62. The first kappa shape index (κ1) is 16.8. The normalized spacial score (nSPS) is 15.2. The van der Waals surface area contributed by atoms with Crippen LogP contribution < -0.4 is 0 Å². The number of aromatic nitrogens is 6. The Kier molecular flexibility index (Phi) is 3.63. The van der Waals surface area contributed by atoms with Crippen LogP contribution in [0.2, 0.25) is 0 Å². The quantitative estimate of drug-likeness (QED) is 0.560. The van der Waals surface area contributed by atoms with Crippen LogP contribution in [0.15, 0.2) is 37.1 Å². The van der Waals surface area contributed by atoms with E-state index in [0.717, 1.165) is 34.8 Å². The minimum absolute atomic E-state index is 0.151. The van der Waals surface area contributed by atoms with Gasteiger partial charge >= 0.3 is 0 Å². The lowest BCUT2D eigenvalue weighted by Gasteiger charge is -2.15. The van der Waals surface area contributed by atoms with Crippen LogP contribution in [0.5, 0.6) is 5.75 Å². The van der Waals surface area contributed by atoms with Crippen LogP contribution in [-0.4, -0.2) is 39.6 Å². The molecule has 0 bridgehead atoms. The molecule has 1 aliphatic carbocycles. The van der Waals surface area contributed by atoms with Crippen molar-refractivity contribution in [2.75, 3.05) is 0 Å². The van der Waals surface area contributed by atoms with Crippen LogP contribution in [0, 0.1) is 11.6 Å². The van der Waals surface area contributed by atoms with Crippen molar-refractivity contribution in [3.8, 4) is 11.4 Å². The van der Waals surface area contributed by atoms with Crippen molar-refractivity contribution in [3.05, 3.63) is 65.8 Å². The first-order valence-corrected chi connectivity index (χ1v) is 8.62. The summed E-state index contributed by atoms with van der Waals surface area (Å²) in [5.74, 6) is -2.40. The molecule has 1 aromatic carbocycles. The fourth-order valence-corrected chi connectivity index (χ4v) is 3.23. The van der Waals surface area contributed by atoms with Gasteiger partial charge in [0, 0.05) is 18.1 Å². The Hall–Kier alpha value is -3.40. The fraction of sp³-hybridized carbons (Fsp3) is 0.222. The predicted molar refractivity (Wildman–Crippen MR) is 92.0 cm³/mol. The maximum absolute atomic E-state index is 14.1. The highest BCUT2D eigenvalue weighted by Crippen LogP contribution is 2.42. The number of imidazole rings is 1. The molecule has 3 aromatic heterocycles. The van der Waals surface area contributed by atoms with E-state index in [9.17, 15) is 19.0 Å². The summed E-state index contributed by atoms with van der Waals surface area (Å²) in [5, 5.41) is 28.0. The van der Waals surface area contributed by atoms with Crippen molar-refractivity contribution in [1.29, 1.82) is 0 Å². The number of phenolic OH excluding ortho intramolecular Hbond substituents is 1. The van der Waals surface area contributed by atoms with Gasteiger partial charge in [-0.25, -0.2) is 18.4 Å². The molecule has 1 fully saturated rings. The largest absolute Gasteiger partial charge is 0.505 e. The smallest absolute Gasteiger partial charge is 0.167 e. The Labute approximate surface area is 156 Å². The van der Waals surface area contributed by atoms with E-state index < -0.39 is 23.5 Å². The minimum atomic E-state index is -1.18. The van der Waals surface area contributed by atoms with E-state index in [-0.39, 0.29) is 17.3 Å². The third-order valence-corrected chi connectivity index (χ3v) is 4.80. The monoisotopic (exact) mass is 384 g/mol. The van der Waals surface area contributed by atoms with Gasteiger partial charge < -0.3 is 10.2 Å². The number of halogens is 2. The lowest BCUT2D eigenvalue weighted by atomic mass is 10.1. The van der Waals surface area contributed by atoms with Gasteiger partial charge in [0.2, 0.25) is 0 Å². The minimum Gasteiger partial charge on any atom is -0.505 e. The summed E-state index contributed by atoms with van der Waals surface area (Å²) >= 11 is 0. The van der Waals surface area contributed by atoms with E-state index in [1.54, 1.807) is 23.1 Å². The van der Waals surface area contributed by atoms with Gasteiger partial charge in [0.15, 0.2) is 17.4 Å². The SMILES string of the molecule is Oc1cc(F)c(-n2cc([C@H](O)c3c(C4CC4)ncc4cncn34)nn2)cc1F. The number of aliphatic hydroxyl groups is 1. The van der Waals surface area contributed by atoms with Gasteiger partial charge in [-0.2, -0.15) is 0 Å². The molecule has 1 atom stereocenters. The number of benzene rings is 1. The number of aliphatic hydroxyl groups excluding tert-OH is 1. The van der Waals surface area contributed by atoms with Crippen molar-refractivity contribution >= 4 is 5.52 Å². The Morgan fingerprint density at radius 2 is 1.96 bits per heavy atom. The van der Waals surface area contributed by atoms with Crippen LogP contribution in [-0.2, 0) is 0 Å². The fourth-order valence-electron chi connectivity index (χ4n) is 3.23. The summed E-state index contributed by atoms with van der Waals surface area (Å²) in [5.41, 5.74) is 1.93. The second-order valence-electron chi connectivity index (χ2n) is 6.74. The lowest BCUT2D eigenvalue weighted by Crippen LogP contribution is -2.11. The van der Waals surface area contributed by atoms with Crippen LogP contribution in [0.25, 0.3) is 11.2 Å². The molecule has 0 radical (unpaired) electrons. The number of phenols is 1. The summed E-state index contributed by atoms with van der Waals surface area (Å²) in [7, 11) is 0. The third kappa shape index (κ3) is 2.61. The average Bonchev–Trinajstić information content (AvgIpc) is 3.21. The predicted octanol–water partition coefficient (Wildman–Crippen LogP) is 2.25. The number of rotatable bonds is 4. The molecule has 10 heteroatoms. The molecule has 0 unspecified atom stereocenters. The van der Waals surface area contributed by atoms with E-state index in [1.807, 2.05) is 0 Å². The van der Waals surface area contributed by atoms with E-state index in [0.29, 0.717) is 11.8 Å². The van der Waals surface area contributed by atoms with E-state index >= 15 is 0 Å². The van der Waals surface area contributed by atoms with Crippen LogP contribution in [0.3, 0.4) is 0 Å². The molecule has 1 aliphatic rings. The van der Waals surface area contributed by atoms with E-state index in [1.165, 1.54) is 6.20 Å². The molecule has 2 N–H and O–H groups in total. The molecule has 0 saturated heterocycles. The molecule has 0 aliphatic heterocycles. The molecule has 28 heavy (non-hydrogen) atoms. The molecule has 0 amide bonds. The van der Waals surface area contributed by atoms with E-state index in [2.05, 4.69) is 20.3 Å². The molecule has 142 valence electrons.